The van der Waals surface area contributed by atoms with E-state index in [4.69, 9.17) is 0 Å². The maximum Gasteiger partial charge on any atom is 0.266 e. The number of benzene rings is 2. The first-order valence-electron chi connectivity index (χ1n) is 10.4. The molecule has 0 atom stereocenters. The molecule has 0 bridgehead atoms. The number of hydrogen-bond acceptors (Lipinski definition) is 4. The first kappa shape index (κ1) is 22.9. The molecule has 0 amide bonds. The highest BCUT2D eigenvalue weighted by Gasteiger charge is 2.25. The Morgan fingerprint density at radius 2 is 1.91 bits per heavy atom. The highest BCUT2D eigenvalue weighted by atomic mass is 79.9. The summed E-state index contributed by atoms with van der Waals surface area (Å²) in [5.41, 5.74) is 1.35. The average Bonchev–Trinajstić information content (AvgIpc) is 3.18. The lowest BCUT2D eigenvalue weighted by Gasteiger charge is -2.25. The monoisotopic (exact) mass is 523 g/mol. The molecule has 170 valence electrons. The van der Waals surface area contributed by atoms with Gasteiger partial charge in [-0.05, 0) is 49.7 Å². The van der Waals surface area contributed by atoms with Crippen molar-refractivity contribution in [1.82, 2.24) is 9.29 Å². The fourth-order valence-electron chi connectivity index (χ4n) is 3.98. The average molecular weight is 524 g/mol. The standard InChI is InChI=1S/C23H24BrF2N3O2S/c24-19-7-2-1-5-16(19)6-4-14-32(30,31)29-15-18(23(25)26)22-20(8-3-9-21(22)29)28-17-10-12-27-13-11-17/h1-9,15,17,23,27-28H,10-14H2. The maximum atomic E-state index is 13.9. The topological polar surface area (TPSA) is 63.1 Å². The molecular weight excluding hydrogens is 500 g/mol. The number of nitrogens with one attached hydrogen (secondary N) is 2. The van der Waals surface area contributed by atoms with Crippen LogP contribution in [0.5, 0.6) is 0 Å². The van der Waals surface area contributed by atoms with Crippen LogP contribution in [0.2, 0.25) is 0 Å². The second kappa shape index (κ2) is 9.72. The van der Waals surface area contributed by atoms with Crippen molar-refractivity contribution >= 4 is 48.6 Å². The van der Waals surface area contributed by atoms with Gasteiger partial charge >= 0.3 is 0 Å². The second-order valence-corrected chi connectivity index (χ2v) is 10.5. The lowest BCUT2D eigenvalue weighted by molar-refractivity contribution is 0.153. The molecule has 2 N–H and O–H groups in total. The zero-order chi connectivity index (χ0) is 22.7. The zero-order valence-electron chi connectivity index (χ0n) is 17.3. The number of alkyl halides is 2. The largest absolute Gasteiger partial charge is 0.382 e. The Morgan fingerprint density at radius 1 is 1.16 bits per heavy atom. The molecule has 5 nitrogen and oxygen atoms in total. The minimum atomic E-state index is -3.89. The van der Waals surface area contributed by atoms with Crippen LogP contribution in [0.25, 0.3) is 17.0 Å². The number of rotatable bonds is 7. The van der Waals surface area contributed by atoms with Crippen molar-refractivity contribution in [3.05, 3.63) is 70.3 Å². The van der Waals surface area contributed by atoms with Gasteiger partial charge in [-0.3, -0.25) is 0 Å². The third-order valence-electron chi connectivity index (χ3n) is 5.57. The van der Waals surface area contributed by atoms with E-state index in [0.29, 0.717) is 5.69 Å². The van der Waals surface area contributed by atoms with E-state index in [-0.39, 0.29) is 28.3 Å². The molecule has 0 radical (unpaired) electrons. The van der Waals surface area contributed by atoms with Crippen LogP contribution in [0, 0.1) is 0 Å². The van der Waals surface area contributed by atoms with Crippen molar-refractivity contribution < 1.29 is 17.2 Å². The highest BCUT2D eigenvalue weighted by molar-refractivity contribution is 9.10. The highest BCUT2D eigenvalue weighted by Crippen LogP contribution is 2.36. The number of nitrogens with zero attached hydrogens (tertiary/aromatic N) is 1. The third-order valence-corrected chi connectivity index (χ3v) is 7.81. The van der Waals surface area contributed by atoms with Gasteiger partial charge in [0.15, 0.2) is 0 Å². The van der Waals surface area contributed by atoms with Crippen LogP contribution in [0.4, 0.5) is 14.5 Å². The van der Waals surface area contributed by atoms with Gasteiger partial charge in [0.25, 0.3) is 6.43 Å². The molecular formula is C23H24BrF2N3O2S. The molecule has 2 aromatic carbocycles. The van der Waals surface area contributed by atoms with E-state index in [1.165, 1.54) is 6.08 Å². The van der Waals surface area contributed by atoms with Crippen LogP contribution in [0.3, 0.4) is 0 Å². The summed E-state index contributed by atoms with van der Waals surface area (Å²) >= 11 is 3.42. The van der Waals surface area contributed by atoms with Gasteiger partial charge in [-0.15, -0.1) is 0 Å². The van der Waals surface area contributed by atoms with Crippen molar-refractivity contribution in [3.8, 4) is 0 Å². The summed E-state index contributed by atoms with van der Waals surface area (Å²) in [6, 6.07) is 12.6. The minimum absolute atomic E-state index is 0.152. The van der Waals surface area contributed by atoms with Gasteiger partial charge in [-0.2, -0.15) is 0 Å². The molecule has 1 aromatic heterocycles. The molecule has 1 saturated heterocycles. The molecule has 1 aliphatic rings. The van der Waals surface area contributed by atoms with Gasteiger partial charge in [0, 0.05) is 33.3 Å². The molecule has 3 aromatic rings. The number of anilines is 1. The predicted molar refractivity (Wildman–Crippen MR) is 129 cm³/mol. The predicted octanol–water partition coefficient (Wildman–Crippen LogP) is 5.40. The van der Waals surface area contributed by atoms with E-state index in [1.807, 2.05) is 24.3 Å². The molecule has 2 heterocycles. The summed E-state index contributed by atoms with van der Waals surface area (Å²) in [5, 5.41) is 6.89. The smallest absolute Gasteiger partial charge is 0.266 e. The van der Waals surface area contributed by atoms with Crippen LogP contribution >= 0.6 is 15.9 Å². The molecule has 0 saturated carbocycles. The van der Waals surface area contributed by atoms with Crippen LogP contribution in [0.15, 0.2) is 59.2 Å². The van der Waals surface area contributed by atoms with E-state index < -0.39 is 16.4 Å². The number of aromatic nitrogens is 1. The van der Waals surface area contributed by atoms with Crippen molar-refractivity contribution in [2.24, 2.45) is 0 Å². The third kappa shape index (κ3) is 4.89. The molecule has 0 spiro atoms. The van der Waals surface area contributed by atoms with Gasteiger partial charge in [0.2, 0.25) is 10.0 Å². The molecule has 1 aliphatic heterocycles. The van der Waals surface area contributed by atoms with Crippen LogP contribution in [-0.2, 0) is 10.0 Å². The Balaban J connectivity index is 1.69. The Hall–Kier alpha value is -2.23. The van der Waals surface area contributed by atoms with Crippen LogP contribution in [0.1, 0.15) is 30.4 Å². The van der Waals surface area contributed by atoms with Gasteiger partial charge in [0.05, 0.1) is 11.3 Å². The van der Waals surface area contributed by atoms with E-state index in [2.05, 4.69) is 26.6 Å². The first-order valence-corrected chi connectivity index (χ1v) is 12.8. The van der Waals surface area contributed by atoms with Crippen molar-refractivity contribution in [2.45, 2.75) is 25.3 Å². The fourth-order valence-corrected chi connectivity index (χ4v) is 5.62. The Bertz CT molecular complexity index is 1240. The van der Waals surface area contributed by atoms with E-state index in [0.717, 1.165) is 46.1 Å². The SMILES string of the molecule is O=S(=O)(CC=Cc1ccccc1Br)n1cc(C(F)F)c2c(NC3CCNCC3)cccc21. The Labute approximate surface area is 194 Å². The normalized spacial score (nSPS) is 15.8. The summed E-state index contributed by atoms with van der Waals surface area (Å²) in [5.74, 6) is -0.313. The lowest BCUT2D eigenvalue weighted by atomic mass is 10.0. The summed E-state index contributed by atoms with van der Waals surface area (Å²) in [4.78, 5) is 0. The molecule has 0 aliphatic carbocycles. The molecule has 32 heavy (non-hydrogen) atoms. The van der Waals surface area contributed by atoms with E-state index in [9.17, 15) is 17.2 Å². The van der Waals surface area contributed by atoms with Gasteiger partial charge in [-0.1, -0.05) is 52.3 Å². The quantitative estimate of drug-likeness (QED) is 0.435. The van der Waals surface area contributed by atoms with Gasteiger partial charge < -0.3 is 10.6 Å². The summed E-state index contributed by atoms with van der Waals surface area (Å²) < 4.78 is 55.8. The number of hydrogen-bond donors (Lipinski definition) is 2. The van der Waals surface area contributed by atoms with E-state index >= 15 is 0 Å². The molecule has 0 unspecified atom stereocenters. The number of piperidine rings is 1. The van der Waals surface area contributed by atoms with Crippen molar-refractivity contribution in [2.75, 3.05) is 24.2 Å². The summed E-state index contributed by atoms with van der Waals surface area (Å²) in [6.45, 7) is 1.71. The zero-order valence-corrected chi connectivity index (χ0v) is 19.7. The second-order valence-electron chi connectivity index (χ2n) is 7.75. The van der Waals surface area contributed by atoms with Crippen LogP contribution < -0.4 is 10.6 Å². The Morgan fingerprint density at radius 3 is 2.62 bits per heavy atom. The van der Waals surface area contributed by atoms with Crippen LogP contribution in [-0.4, -0.2) is 37.3 Å². The molecule has 1 fully saturated rings. The summed E-state index contributed by atoms with van der Waals surface area (Å²) in [6.07, 6.45) is 3.25. The van der Waals surface area contributed by atoms with E-state index in [1.54, 1.807) is 24.3 Å². The van der Waals surface area contributed by atoms with Crippen molar-refractivity contribution in [3.63, 3.8) is 0 Å². The molecule has 4 rings (SSSR count). The molecule has 9 heteroatoms. The maximum absolute atomic E-state index is 13.9. The minimum Gasteiger partial charge on any atom is -0.382 e. The Kier molecular flexibility index (Phi) is 6.97. The lowest BCUT2D eigenvalue weighted by Crippen LogP contribution is -2.35. The summed E-state index contributed by atoms with van der Waals surface area (Å²) in [7, 11) is -3.89. The number of halogens is 3. The van der Waals surface area contributed by atoms with Crippen molar-refractivity contribution in [1.29, 1.82) is 0 Å². The van der Waals surface area contributed by atoms with Gasteiger partial charge in [-0.25, -0.2) is 21.2 Å². The van der Waals surface area contributed by atoms with Gasteiger partial charge in [0.1, 0.15) is 0 Å². The number of fused-ring (bicyclic) bond motifs is 1. The fraction of sp³-hybridized carbons (Fsp3) is 0.304. The first-order chi connectivity index (χ1) is 15.4.